The molecule has 0 saturated carbocycles. The Bertz CT molecular complexity index is 314. The highest BCUT2D eigenvalue weighted by atomic mass is 19.1. The third-order valence-corrected chi connectivity index (χ3v) is 3.40. The van der Waals surface area contributed by atoms with E-state index in [4.69, 9.17) is 0 Å². The molecule has 1 heterocycles. The van der Waals surface area contributed by atoms with Gasteiger partial charge in [0, 0.05) is 18.9 Å². The van der Waals surface area contributed by atoms with Crippen LogP contribution < -0.4 is 5.32 Å². The minimum atomic E-state index is -0.699. The molecule has 1 aromatic carbocycles. The molecule has 0 spiro atoms. The van der Waals surface area contributed by atoms with Crippen LogP contribution in [-0.4, -0.2) is 19.3 Å². The van der Waals surface area contributed by atoms with Crippen LogP contribution in [-0.2, 0) is 6.42 Å². The number of alkyl halides is 1. The highest BCUT2D eigenvalue weighted by Gasteiger charge is 2.23. The van der Waals surface area contributed by atoms with E-state index in [2.05, 4.69) is 24.4 Å². The lowest BCUT2D eigenvalue weighted by molar-refractivity contribution is 0.191. The summed E-state index contributed by atoms with van der Waals surface area (Å²) in [6.45, 7) is 3.95. The van der Waals surface area contributed by atoms with E-state index in [-0.39, 0.29) is 5.92 Å². The molecule has 0 aromatic heterocycles. The van der Waals surface area contributed by atoms with E-state index in [1.54, 1.807) is 0 Å². The number of nitrogens with one attached hydrogen (secondary N) is 1. The minimum Gasteiger partial charge on any atom is -0.316 e. The highest BCUT2D eigenvalue weighted by Crippen LogP contribution is 2.20. The molecule has 1 N–H and O–H groups in total. The number of halogens is 1. The van der Waals surface area contributed by atoms with Gasteiger partial charge in [-0.05, 0) is 31.9 Å². The van der Waals surface area contributed by atoms with E-state index in [1.165, 1.54) is 5.56 Å². The molecule has 1 saturated heterocycles. The molecule has 1 aliphatic heterocycles. The molecule has 1 nitrogen and oxygen atoms in total. The van der Waals surface area contributed by atoms with Crippen molar-refractivity contribution < 1.29 is 4.39 Å². The molecule has 88 valence electrons. The van der Waals surface area contributed by atoms with E-state index >= 15 is 0 Å². The van der Waals surface area contributed by atoms with Gasteiger partial charge >= 0.3 is 0 Å². The van der Waals surface area contributed by atoms with Crippen molar-refractivity contribution in [3.8, 4) is 0 Å². The SMILES string of the molecule is Cc1ccc(CC(F)C2CCCNC2)cc1. The summed E-state index contributed by atoms with van der Waals surface area (Å²) >= 11 is 0. The molecular formula is C14H20FN. The molecule has 1 aliphatic rings. The molecule has 1 fully saturated rings. The van der Waals surface area contributed by atoms with Crippen LogP contribution in [0.4, 0.5) is 4.39 Å². The van der Waals surface area contributed by atoms with Crippen LogP contribution in [0.2, 0.25) is 0 Å². The molecule has 0 aliphatic carbocycles. The van der Waals surface area contributed by atoms with Gasteiger partial charge in [-0.25, -0.2) is 4.39 Å². The molecule has 2 heteroatoms. The van der Waals surface area contributed by atoms with Crippen LogP contribution in [0, 0.1) is 12.8 Å². The monoisotopic (exact) mass is 221 g/mol. The Morgan fingerprint density at radius 3 is 2.75 bits per heavy atom. The van der Waals surface area contributed by atoms with Crippen molar-refractivity contribution in [2.45, 2.75) is 32.4 Å². The zero-order valence-corrected chi connectivity index (χ0v) is 9.88. The summed E-state index contributed by atoms with van der Waals surface area (Å²) < 4.78 is 14.0. The summed E-state index contributed by atoms with van der Waals surface area (Å²) in [5, 5.41) is 3.27. The highest BCUT2D eigenvalue weighted by molar-refractivity contribution is 5.22. The van der Waals surface area contributed by atoms with Gasteiger partial charge in [0.25, 0.3) is 0 Å². The minimum absolute atomic E-state index is 0.204. The Hall–Kier alpha value is -0.890. The molecule has 0 bridgehead atoms. The second kappa shape index (κ2) is 5.44. The van der Waals surface area contributed by atoms with E-state index in [0.717, 1.165) is 31.5 Å². The first-order valence-electron chi connectivity index (χ1n) is 6.16. The summed E-state index contributed by atoms with van der Waals surface area (Å²) in [7, 11) is 0. The maximum Gasteiger partial charge on any atom is 0.108 e. The lowest BCUT2D eigenvalue weighted by Crippen LogP contribution is -2.35. The van der Waals surface area contributed by atoms with Crippen LogP contribution >= 0.6 is 0 Å². The third kappa shape index (κ3) is 3.05. The van der Waals surface area contributed by atoms with Gasteiger partial charge in [0.1, 0.15) is 6.17 Å². The third-order valence-electron chi connectivity index (χ3n) is 3.40. The average Bonchev–Trinajstić information content (AvgIpc) is 2.33. The van der Waals surface area contributed by atoms with Crippen LogP contribution in [0.3, 0.4) is 0 Å². The maximum atomic E-state index is 14.0. The summed E-state index contributed by atoms with van der Waals surface area (Å²) in [5.74, 6) is 0.204. The number of rotatable bonds is 3. The fourth-order valence-corrected chi connectivity index (χ4v) is 2.30. The summed E-state index contributed by atoms with van der Waals surface area (Å²) in [6, 6.07) is 8.19. The number of benzene rings is 1. The second-order valence-electron chi connectivity index (χ2n) is 4.81. The smallest absolute Gasteiger partial charge is 0.108 e. The van der Waals surface area contributed by atoms with E-state index in [9.17, 15) is 4.39 Å². The van der Waals surface area contributed by atoms with Gasteiger partial charge in [-0.1, -0.05) is 29.8 Å². The fourth-order valence-electron chi connectivity index (χ4n) is 2.30. The lowest BCUT2D eigenvalue weighted by atomic mass is 9.91. The predicted molar refractivity (Wildman–Crippen MR) is 65.4 cm³/mol. The van der Waals surface area contributed by atoms with E-state index in [0.29, 0.717) is 6.42 Å². The van der Waals surface area contributed by atoms with Crippen molar-refractivity contribution in [1.82, 2.24) is 5.32 Å². The first kappa shape index (κ1) is 11.6. The molecule has 2 atom stereocenters. The summed E-state index contributed by atoms with van der Waals surface area (Å²) in [4.78, 5) is 0. The standard InChI is InChI=1S/C14H20FN/c1-11-4-6-12(7-5-11)9-14(15)13-3-2-8-16-10-13/h4-7,13-14,16H,2-3,8-10H2,1H3. The van der Waals surface area contributed by atoms with E-state index in [1.807, 2.05) is 12.1 Å². The van der Waals surface area contributed by atoms with Gasteiger partial charge in [0.15, 0.2) is 0 Å². The van der Waals surface area contributed by atoms with Crippen molar-refractivity contribution in [1.29, 1.82) is 0 Å². The molecule has 0 amide bonds. The van der Waals surface area contributed by atoms with Crippen molar-refractivity contribution in [3.63, 3.8) is 0 Å². The van der Waals surface area contributed by atoms with Gasteiger partial charge in [-0.15, -0.1) is 0 Å². The van der Waals surface area contributed by atoms with Crippen molar-refractivity contribution in [2.75, 3.05) is 13.1 Å². The van der Waals surface area contributed by atoms with Gasteiger partial charge < -0.3 is 5.32 Å². The number of piperidine rings is 1. The van der Waals surface area contributed by atoms with Crippen molar-refractivity contribution >= 4 is 0 Å². The Kier molecular flexibility index (Phi) is 3.94. The molecule has 16 heavy (non-hydrogen) atoms. The summed E-state index contributed by atoms with van der Waals surface area (Å²) in [5.41, 5.74) is 2.35. The number of aryl methyl sites for hydroxylation is 1. The van der Waals surface area contributed by atoms with Crippen LogP contribution in [0.5, 0.6) is 0 Å². The van der Waals surface area contributed by atoms with Gasteiger partial charge in [-0.3, -0.25) is 0 Å². The van der Waals surface area contributed by atoms with Crippen LogP contribution in [0.15, 0.2) is 24.3 Å². The molecule has 1 aromatic rings. The normalized spacial score (nSPS) is 23.0. The van der Waals surface area contributed by atoms with E-state index < -0.39 is 6.17 Å². The maximum absolute atomic E-state index is 14.0. The largest absolute Gasteiger partial charge is 0.316 e. The van der Waals surface area contributed by atoms with Crippen LogP contribution in [0.25, 0.3) is 0 Å². The Morgan fingerprint density at radius 2 is 2.12 bits per heavy atom. The molecule has 2 rings (SSSR count). The fraction of sp³-hybridized carbons (Fsp3) is 0.571. The predicted octanol–water partition coefficient (Wildman–Crippen LogP) is 2.88. The summed E-state index contributed by atoms with van der Waals surface area (Å²) in [6.07, 6.45) is 2.00. The zero-order chi connectivity index (χ0) is 11.4. The lowest BCUT2D eigenvalue weighted by Gasteiger charge is -2.25. The molecular weight excluding hydrogens is 201 g/mol. The van der Waals surface area contributed by atoms with Gasteiger partial charge in [0.2, 0.25) is 0 Å². The average molecular weight is 221 g/mol. The van der Waals surface area contributed by atoms with Gasteiger partial charge in [-0.2, -0.15) is 0 Å². The second-order valence-corrected chi connectivity index (χ2v) is 4.81. The first-order valence-corrected chi connectivity index (χ1v) is 6.16. The van der Waals surface area contributed by atoms with Gasteiger partial charge in [0.05, 0.1) is 0 Å². The first-order chi connectivity index (χ1) is 7.75. The molecule has 2 unspecified atom stereocenters. The van der Waals surface area contributed by atoms with Crippen LogP contribution in [0.1, 0.15) is 24.0 Å². The zero-order valence-electron chi connectivity index (χ0n) is 9.88. The number of hydrogen-bond acceptors (Lipinski definition) is 1. The molecule has 0 radical (unpaired) electrons. The topological polar surface area (TPSA) is 12.0 Å². The Morgan fingerprint density at radius 1 is 1.38 bits per heavy atom. The van der Waals surface area contributed by atoms with Crippen molar-refractivity contribution in [2.24, 2.45) is 5.92 Å². The van der Waals surface area contributed by atoms with Crippen molar-refractivity contribution in [3.05, 3.63) is 35.4 Å². The Balaban J connectivity index is 1.90. The number of hydrogen-bond donors (Lipinski definition) is 1. The Labute approximate surface area is 97.1 Å². The quantitative estimate of drug-likeness (QED) is 0.827.